The Morgan fingerprint density at radius 2 is 1.00 bits per heavy atom. The van der Waals surface area contributed by atoms with E-state index in [0.29, 0.717) is 16.2 Å². The van der Waals surface area contributed by atoms with Gasteiger partial charge in [0.15, 0.2) is 5.16 Å². The Labute approximate surface area is 226 Å². The topological polar surface area (TPSA) is 105 Å². The van der Waals surface area contributed by atoms with Crippen LogP contribution in [0, 0.1) is 0 Å². The molecule has 0 saturated carbocycles. The average molecular weight is 547 g/mol. The molecule has 0 bridgehead atoms. The Kier molecular flexibility index (Phi) is 7.88. The van der Waals surface area contributed by atoms with Gasteiger partial charge in [0.2, 0.25) is 0 Å². The van der Waals surface area contributed by atoms with Crippen LogP contribution in [0.1, 0.15) is 5.56 Å². The SMILES string of the molecule is COC(=O)C1=C(C(=O)OC)[C@@](C(=O)OC)(c2ccccc2)P(c2ccccc2)(c2ccccc2)=C1C(=O)OC. The van der Waals surface area contributed by atoms with Crippen LogP contribution < -0.4 is 10.6 Å². The van der Waals surface area contributed by atoms with E-state index in [1.54, 1.807) is 91.0 Å². The predicted molar refractivity (Wildman–Crippen MR) is 147 cm³/mol. The molecule has 0 radical (unpaired) electrons. The van der Waals surface area contributed by atoms with E-state index < -0.39 is 35.9 Å². The Balaban J connectivity index is 2.52. The highest BCUT2D eigenvalue weighted by Gasteiger charge is 2.67. The molecule has 4 rings (SSSR count). The molecule has 0 fully saturated rings. The number of ether oxygens (including phenoxy) is 4. The van der Waals surface area contributed by atoms with Crippen molar-refractivity contribution in [2.75, 3.05) is 28.4 Å². The third kappa shape index (κ3) is 3.91. The molecule has 200 valence electrons. The molecular weight excluding hydrogens is 519 g/mol. The molecule has 0 aromatic heterocycles. The van der Waals surface area contributed by atoms with Crippen LogP contribution in [0.2, 0.25) is 0 Å². The first-order valence-corrected chi connectivity index (χ1v) is 13.7. The van der Waals surface area contributed by atoms with Crippen LogP contribution in [0.3, 0.4) is 0 Å². The van der Waals surface area contributed by atoms with Crippen LogP contribution >= 0.6 is 6.89 Å². The third-order valence-corrected chi connectivity index (χ3v) is 11.7. The lowest BCUT2D eigenvalue weighted by Gasteiger charge is -2.43. The molecule has 0 amide bonds. The molecule has 0 aliphatic carbocycles. The monoisotopic (exact) mass is 546 g/mol. The smallest absolute Gasteiger partial charge is 0.339 e. The Morgan fingerprint density at radius 1 is 0.564 bits per heavy atom. The molecule has 1 atom stereocenters. The van der Waals surface area contributed by atoms with Crippen molar-refractivity contribution in [1.82, 2.24) is 0 Å². The van der Waals surface area contributed by atoms with E-state index in [-0.39, 0.29) is 16.4 Å². The van der Waals surface area contributed by atoms with Crippen molar-refractivity contribution in [2.45, 2.75) is 5.16 Å². The summed E-state index contributed by atoms with van der Waals surface area (Å²) in [7, 11) is 4.64. The van der Waals surface area contributed by atoms with Crippen LogP contribution in [-0.2, 0) is 43.3 Å². The minimum Gasteiger partial charge on any atom is -0.468 e. The fourth-order valence-corrected chi connectivity index (χ4v) is 10.9. The van der Waals surface area contributed by atoms with Gasteiger partial charge >= 0.3 is 23.9 Å². The molecular formula is C30H27O8P. The van der Waals surface area contributed by atoms with Gasteiger partial charge in [-0.25, -0.2) is 14.4 Å². The van der Waals surface area contributed by atoms with E-state index in [9.17, 15) is 19.2 Å². The zero-order valence-corrected chi connectivity index (χ0v) is 22.8. The lowest BCUT2D eigenvalue weighted by molar-refractivity contribution is -0.146. The number of hydrogen-bond acceptors (Lipinski definition) is 8. The lowest BCUT2D eigenvalue weighted by atomic mass is 9.86. The van der Waals surface area contributed by atoms with Gasteiger partial charge in [0, 0.05) is 0 Å². The van der Waals surface area contributed by atoms with E-state index in [1.807, 2.05) is 0 Å². The van der Waals surface area contributed by atoms with E-state index in [4.69, 9.17) is 18.9 Å². The molecule has 3 aromatic carbocycles. The number of carbonyl (C=O) groups excluding carboxylic acids is 4. The summed E-state index contributed by atoms with van der Waals surface area (Å²) in [5, 5.41) is -1.10. The number of hydrogen-bond donors (Lipinski definition) is 0. The predicted octanol–water partition coefficient (Wildman–Crippen LogP) is 2.73. The average Bonchev–Trinajstić information content (AvgIpc) is 3.30. The normalized spacial score (nSPS) is 17.8. The Bertz CT molecular complexity index is 1470. The van der Waals surface area contributed by atoms with E-state index >= 15 is 0 Å². The van der Waals surface area contributed by atoms with Crippen molar-refractivity contribution in [1.29, 1.82) is 0 Å². The summed E-state index contributed by atoms with van der Waals surface area (Å²) in [6.07, 6.45) is 0. The van der Waals surface area contributed by atoms with Crippen LogP contribution in [-0.4, -0.2) is 57.6 Å². The van der Waals surface area contributed by atoms with Gasteiger partial charge < -0.3 is 18.9 Å². The van der Waals surface area contributed by atoms with Gasteiger partial charge in [-0.05, 0) is 23.1 Å². The highest BCUT2D eigenvalue weighted by molar-refractivity contribution is 7.93. The van der Waals surface area contributed by atoms with Crippen molar-refractivity contribution < 1.29 is 38.1 Å². The first kappa shape index (κ1) is 27.6. The summed E-state index contributed by atoms with van der Waals surface area (Å²) in [5.41, 5.74) is -0.401. The molecule has 39 heavy (non-hydrogen) atoms. The zero-order valence-electron chi connectivity index (χ0n) is 21.9. The first-order chi connectivity index (χ1) is 18.9. The van der Waals surface area contributed by atoms with Crippen molar-refractivity contribution in [2.24, 2.45) is 0 Å². The summed E-state index contributed by atoms with van der Waals surface area (Å²) >= 11 is 0. The molecule has 1 heterocycles. The summed E-state index contributed by atoms with van der Waals surface area (Å²) in [5.74, 6) is -3.72. The summed E-state index contributed by atoms with van der Waals surface area (Å²) in [4.78, 5) is 55.8. The summed E-state index contributed by atoms with van der Waals surface area (Å²) < 4.78 is 21.1. The fourth-order valence-electron chi connectivity index (χ4n) is 5.41. The minimum absolute atomic E-state index is 0.149. The highest BCUT2D eigenvalue weighted by Crippen LogP contribution is 2.72. The van der Waals surface area contributed by atoms with Crippen LogP contribution in [0.25, 0.3) is 0 Å². The summed E-state index contributed by atoms with van der Waals surface area (Å²) in [6, 6.07) is 26.2. The maximum Gasteiger partial charge on any atom is 0.339 e. The van der Waals surface area contributed by atoms with Crippen LogP contribution in [0.15, 0.2) is 102 Å². The van der Waals surface area contributed by atoms with Gasteiger partial charge in [-0.15, -0.1) is 0 Å². The second kappa shape index (κ2) is 11.1. The largest absolute Gasteiger partial charge is 0.468 e. The van der Waals surface area contributed by atoms with Gasteiger partial charge in [-0.3, -0.25) is 4.79 Å². The molecule has 8 nitrogen and oxygen atoms in total. The van der Waals surface area contributed by atoms with Gasteiger partial charge in [0.1, 0.15) is 0 Å². The Morgan fingerprint density at radius 3 is 1.41 bits per heavy atom. The Hall–Kier alpha value is -4.42. The third-order valence-electron chi connectivity index (χ3n) is 6.80. The second-order valence-corrected chi connectivity index (χ2v) is 12.0. The van der Waals surface area contributed by atoms with Gasteiger partial charge in [0.05, 0.1) is 44.9 Å². The van der Waals surface area contributed by atoms with E-state index in [1.165, 1.54) is 14.2 Å². The van der Waals surface area contributed by atoms with Crippen molar-refractivity contribution in [3.63, 3.8) is 0 Å². The number of carbonyl (C=O) groups is 4. The lowest BCUT2D eigenvalue weighted by Crippen LogP contribution is -2.46. The molecule has 0 unspecified atom stereocenters. The van der Waals surface area contributed by atoms with Crippen molar-refractivity contribution >= 4 is 46.7 Å². The fraction of sp³-hybridized carbons (Fsp3) is 0.167. The van der Waals surface area contributed by atoms with Gasteiger partial charge in [-0.1, -0.05) is 91.0 Å². The molecule has 1 aliphatic rings. The number of methoxy groups -OCH3 is 4. The molecule has 1 aliphatic heterocycles. The number of esters is 4. The number of rotatable bonds is 7. The molecule has 0 spiro atoms. The standard InChI is InChI=1S/C30H27O8P/c1-35-26(31)23-24(27(32)36-2)30(29(34)38-4,20-14-8-5-9-15-20)39(25(23)28(33)37-3,21-16-10-6-11-17-21)22-18-12-7-13-19-22/h5-19H,1-4H3/t30-/m1/s1. The molecule has 3 aromatic rings. The van der Waals surface area contributed by atoms with Crippen molar-refractivity contribution in [3.05, 3.63) is 108 Å². The quantitative estimate of drug-likeness (QED) is 0.253. The molecule has 0 N–H and O–H groups in total. The van der Waals surface area contributed by atoms with Gasteiger partial charge in [-0.2, -0.15) is 0 Å². The van der Waals surface area contributed by atoms with Crippen LogP contribution in [0.4, 0.5) is 0 Å². The van der Waals surface area contributed by atoms with Crippen LogP contribution in [0.5, 0.6) is 0 Å². The second-order valence-electron chi connectivity index (χ2n) is 8.48. The maximum atomic E-state index is 14.5. The van der Waals surface area contributed by atoms with Gasteiger partial charge in [0.25, 0.3) is 0 Å². The molecule has 0 saturated heterocycles. The first-order valence-electron chi connectivity index (χ1n) is 11.9. The highest BCUT2D eigenvalue weighted by atomic mass is 31.2. The maximum absolute atomic E-state index is 14.5. The molecule has 9 heteroatoms. The minimum atomic E-state index is -3.72. The number of benzene rings is 3. The van der Waals surface area contributed by atoms with E-state index in [2.05, 4.69) is 0 Å². The zero-order chi connectivity index (χ0) is 28.2. The summed E-state index contributed by atoms with van der Waals surface area (Å²) in [6.45, 7) is -3.72. The van der Waals surface area contributed by atoms with E-state index in [0.717, 1.165) is 14.2 Å². The van der Waals surface area contributed by atoms with Crippen molar-refractivity contribution in [3.8, 4) is 0 Å².